The van der Waals surface area contributed by atoms with Crippen LogP contribution in [0.5, 0.6) is 0 Å². The molecule has 0 aliphatic heterocycles. The number of anilines is 1. The zero-order valence-corrected chi connectivity index (χ0v) is 18.5. The van der Waals surface area contributed by atoms with Gasteiger partial charge in [-0.25, -0.2) is 4.98 Å². The summed E-state index contributed by atoms with van der Waals surface area (Å²) in [6.45, 7) is 6.20. The molecule has 2 N–H and O–H groups in total. The van der Waals surface area contributed by atoms with Crippen LogP contribution in [0.3, 0.4) is 0 Å². The average molecular weight is 430 g/mol. The molecule has 0 atom stereocenters. The Labute approximate surface area is 187 Å². The van der Waals surface area contributed by atoms with Crippen LogP contribution < -0.4 is 10.6 Å². The number of aromatic nitrogens is 3. The number of carbonyl (C=O) groups excluding carboxylic acids is 2. The van der Waals surface area contributed by atoms with Crippen molar-refractivity contribution in [3.63, 3.8) is 0 Å². The molecule has 0 unspecified atom stereocenters. The van der Waals surface area contributed by atoms with E-state index in [2.05, 4.69) is 41.5 Å². The van der Waals surface area contributed by atoms with Crippen molar-refractivity contribution >= 4 is 23.7 Å². The Morgan fingerprint density at radius 2 is 1.84 bits per heavy atom. The van der Waals surface area contributed by atoms with Crippen molar-refractivity contribution in [2.45, 2.75) is 45.1 Å². The van der Waals surface area contributed by atoms with Crippen molar-refractivity contribution in [3.8, 4) is 5.82 Å². The Hall–Kier alpha value is -3.74. The Balaban J connectivity index is 1.47. The fourth-order valence-corrected chi connectivity index (χ4v) is 3.07. The lowest BCUT2D eigenvalue weighted by Crippen LogP contribution is -2.25. The first-order valence-electron chi connectivity index (χ1n) is 10.7. The maximum Gasteiger partial charge on any atom is 0.251 e. The highest BCUT2D eigenvalue weighted by Gasteiger charge is 2.24. The van der Waals surface area contributed by atoms with Crippen LogP contribution in [0, 0.1) is 0 Å². The van der Waals surface area contributed by atoms with Crippen LogP contribution in [0.2, 0.25) is 0 Å². The molecule has 2 aromatic heterocycles. The molecule has 1 aliphatic carbocycles. The molecule has 32 heavy (non-hydrogen) atoms. The van der Waals surface area contributed by atoms with E-state index in [1.54, 1.807) is 29.1 Å². The van der Waals surface area contributed by atoms with Crippen molar-refractivity contribution in [1.82, 2.24) is 20.1 Å². The second kappa shape index (κ2) is 8.78. The monoisotopic (exact) mass is 429 g/mol. The highest BCUT2D eigenvalue weighted by molar-refractivity contribution is 6.01. The molecule has 1 saturated carbocycles. The molecule has 0 spiro atoms. The van der Waals surface area contributed by atoms with E-state index in [0.717, 1.165) is 24.1 Å². The second-order valence-corrected chi connectivity index (χ2v) is 8.96. The number of nitrogens with one attached hydrogen (secondary N) is 2. The van der Waals surface area contributed by atoms with Crippen LogP contribution in [-0.2, 0) is 10.2 Å². The number of nitrogens with zero attached hydrogens (tertiary/aromatic N) is 3. The normalized spacial score (nSPS) is 13.8. The summed E-state index contributed by atoms with van der Waals surface area (Å²) in [5, 5.41) is 10.5. The molecule has 7 heteroatoms. The van der Waals surface area contributed by atoms with Crippen LogP contribution in [0.1, 0.15) is 55.2 Å². The quantitative estimate of drug-likeness (QED) is 0.577. The lowest BCUT2D eigenvalue weighted by Gasteiger charge is -2.13. The van der Waals surface area contributed by atoms with Crippen molar-refractivity contribution in [1.29, 1.82) is 0 Å². The van der Waals surface area contributed by atoms with Gasteiger partial charge in [-0.15, -0.1) is 0 Å². The molecule has 0 saturated heterocycles. The van der Waals surface area contributed by atoms with E-state index in [9.17, 15) is 9.59 Å². The molecule has 1 fully saturated rings. The average Bonchev–Trinajstić information content (AvgIpc) is 3.48. The number of pyridine rings is 1. The van der Waals surface area contributed by atoms with Crippen LogP contribution in [-0.4, -0.2) is 32.6 Å². The summed E-state index contributed by atoms with van der Waals surface area (Å²) < 4.78 is 1.64. The predicted octanol–water partition coefficient (Wildman–Crippen LogP) is 4.11. The maximum absolute atomic E-state index is 12.6. The summed E-state index contributed by atoms with van der Waals surface area (Å²) in [5.41, 5.74) is 2.12. The number of rotatable bonds is 6. The summed E-state index contributed by atoms with van der Waals surface area (Å²) in [4.78, 5) is 29.0. The van der Waals surface area contributed by atoms with Gasteiger partial charge in [0.1, 0.15) is 5.82 Å². The van der Waals surface area contributed by atoms with Gasteiger partial charge in [0, 0.05) is 35.4 Å². The van der Waals surface area contributed by atoms with E-state index in [1.165, 1.54) is 6.08 Å². The van der Waals surface area contributed by atoms with Crippen LogP contribution in [0.15, 0.2) is 60.8 Å². The Bertz CT molecular complexity index is 1140. The minimum Gasteiger partial charge on any atom is -0.349 e. The molecule has 4 rings (SSSR count). The van der Waals surface area contributed by atoms with Crippen molar-refractivity contribution < 1.29 is 9.59 Å². The molecule has 164 valence electrons. The molecule has 0 radical (unpaired) electrons. The molecule has 0 bridgehead atoms. The van der Waals surface area contributed by atoms with Crippen molar-refractivity contribution in [3.05, 3.63) is 77.6 Å². The summed E-state index contributed by atoms with van der Waals surface area (Å²) in [7, 11) is 0. The molecule has 7 nitrogen and oxygen atoms in total. The lowest BCUT2D eigenvalue weighted by molar-refractivity contribution is -0.111. The minimum absolute atomic E-state index is 0.0572. The lowest BCUT2D eigenvalue weighted by atomic mass is 9.92. The zero-order valence-electron chi connectivity index (χ0n) is 18.5. The van der Waals surface area contributed by atoms with E-state index in [4.69, 9.17) is 0 Å². The molecule has 2 heterocycles. The fraction of sp³-hybridized carbons (Fsp3) is 0.280. The Kier molecular flexibility index (Phi) is 5.90. The van der Waals surface area contributed by atoms with Crippen LogP contribution in [0.4, 0.5) is 5.82 Å². The summed E-state index contributed by atoms with van der Waals surface area (Å²) in [6, 6.07) is 14.9. The minimum atomic E-state index is -0.280. The first-order chi connectivity index (χ1) is 15.3. The molecular formula is C25H27N5O2. The third-order valence-corrected chi connectivity index (χ3v) is 5.11. The third-order valence-electron chi connectivity index (χ3n) is 5.11. The van der Waals surface area contributed by atoms with Crippen molar-refractivity contribution in [2.75, 3.05) is 5.32 Å². The van der Waals surface area contributed by atoms with Crippen LogP contribution in [0.25, 0.3) is 11.9 Å². The third kappa shape index (κ3) is 5.29. The number of carbonyl (C=O) groups is 2. The summed E-state index contributed by atoms with van der Waals surface area (Å²) >= 11 is 0. The van der Waals surface area contributed by atoms with Gasteiger partial charge in [-0.05, 0) is 48.7 Å². The van der Waals surface area contributed by atoms with E-state index in [-0.39, 0.29) is 17.2 Å². The Morgan fingerprint density at radius 3 is 2.47 bits per heavy atom. The molecule has 2 amide bonds. The standard InChI is InChI=1S/C25H27N5O2/c1-25(2,3)20-16-22(30(29-20)21-6-4-5-15-26-21)28-23(31)14-9-17-7-10-18(11-8-17)24(32)27-19-12-13-19/h4-11,14-16,19H,12-13H2,1-3H3,(H,27,32)(H,28,31)/b14-9+. The Morgan fingerprint density at radius 1 is 1.09 bits per heavy atom. The number of hydrogen-bond donors (Lipinski definition) is 2. The smallest absolute Gasteiger partial charge is 0.251 e. The highest BCUT2D eigenvalue weighted by atomic mass is 16.2. The van der Waals surface area contributed by atoms with Crippen LogP contribution >= 0.6 is 0 Å². The van der Waals surface area contributed by atoms with Gasteiger partial charge >= 0.3 is 0 Å². The first-order valence-corrected chi connectivity index (χ1v) is 10.7. The van der Waals surface area contributed by atoms with Gasteiger partial charge in [-0.2, -0.15) is 9.78 Å². The largest absolute Gasteiger partial charge is 0.349 e. The van der Waals surface area contributed by atoms with E-state index < -0.39 is 0 Å². The number of benzene rings is 1. The second-order valence-electron chi connectivity index (χ2n) is 8.96. The predicted molar refractivity (Wildman–Crippen MR) is 125 cm³/mol. The highest BCUT2D eigenvalue weighted by Crippen LogP contribution is 2.26. The maximum atomic E-state index is 12.6. The topological polar surface area (TPSA) is 88.9 Å². The van der Waals surface area contributed by atoms with E-state index >= 15 is 0 Å². The molecular weight excluding hydrogens is 402 g/mol. The van der Waals surface area contributed by atoms with Gasteiger partial charge in [-0.1, -0.05) is 39.0 Å². The summed E-state index contributed by atoms with van der Waals surface area (Å²) in [6.07, 6.45) is 6.97. The van der Waals surface area contributed by atoms with Gasteiger partial charge in [0.25, 0.3) is 5.91 Å². The SMILES string of the molecule is CC(C)(C)c1cc(NC(=O)/C=C/c2ccc(C(=O)NC3CC3)cc2)n(-c2ccccn2)n1. The van der Waals surface area contributed by atoms with Gasteiger partial charge < -0.3 is 10.6 Å². The van der Waals surface area contributed by atoms with Gasteiger partial charge in [0.15, 0.2) is 5.82 Å². The first kappa shape index (κ1) is 21.5. The van der Waals surface area contributed by atoms with Gasteiger partial charge in [0.2, 0.25) is 5.91 Å². The van der Waals surface area contributed by atoms with Gasteiger partial charge in [-0.3, -0.25) is 9.59 Å². The van der Waals surface area contributed by atoms with E-state index in [1.807, 2.05) is 36.4 Å². The van der Waals surface area contributed by atoms with E-state index in [0.29, 0.717) is 23.2 Å². The fourth-order valence-electron chi connectivity index (χ4n) is 3.07. The molecule has 1 aliphatic rings. The van der Waals surface area contributed by atoms with Crippen molar-refractivity contribution in [2.24, 2.45) is 0 Å². The summed E-state index contributed by atoms with van der Waals surface area (Å²) in [5.74, 6) is 0.842. The molecule has 3 aromatic rings. The van der Waals surface area contributed by atoms with Gasteiger partial charge in [0.05, 0.1) is 5.69 Å². The number of amides is 2. The molecule has 1 aromatic carbocycles. The zero-order chi connectivity index (χ0) is 22.7. The number of hydrogen-bond acceptors (Lipinski definition) is 4.